The molecule has 0 aliphatic heterocycles. The Morgan fingerprint density at radius 2 is 1.71 bits per heavy atom. The second-order valence-corrected chi connectivity index (χ2v) is 7.22. The van der Waals surface area contributed by atoms with Gasteiger partial charge in [-0.15, -0.1) is 5.10 Å². The maximum Gasteiger partial charge on any atom is 0.393 e. The molecule has 5 nitrogen and oxygen atoms in total. The van der Waals surface area contributed by atoms with E-state index in [0.29, 0.717) is 22.9 Å². The van der Waals surface area contributed by atoms with Crippen LogP contribution in [0.4, 0.5) is 30.5 Å². The van der Waals surface area contributed by atoms with E-state index in [1.54, 1.807) is 34.8 Å². The lowest BCUT2D eigenvalue weighted by Gasteiger charge is -2.09. The van der Waals surface area contributed by atoms with Crippen LogP contribution in [0.1, 0.15) is 12.5 Å². The molecule has 0 saturated heterocycles. The number of nitrogens with one attached hydrogen (secondary N) is 2. The van der Waals surface area contributed by atoms with Gasteiger partial charge in [0.2, 0.25) is 5.95 Å². The van der Waals surface area contributed by atoms with Crippen LogP contribution in [0.5, 0.6) is 0 Å². The van der Waals surface area contributed by atoms with E-state index < -0.39 is 12.6 Å². The number of nitrogens with zero attached hydrogens (tertiary/aromatic N) is 3. The lowest BCUT2D eigenvalue weighted by atomic mass is 10.1. The topological polar surface area (TPSA) is 54.2 Å². The molecule has 2 aromatic heterocycles. The average molecular weight is 423 g/mol. The van der Waals surface area contributed by atoms with Gasteiger partial charge in [-0.3, -0.25) is 0 Å². The molecule has 8 heteroatoms. The van der Waals surface area contributed by atoms with Gasteiger partial charge in [-0.05, 0) is 55.0 Å². The number of halogens is 3. The van der Waals surface area contributed by atoms with Crippen LogP contribution in [0.3, 0.4) is 0 Å². The van der Waals surface area contributed by atoms with Gasteiger partial charge in [0.05, 0.1) is 12.1 Å². The molecule has 158 valence electrons. The minimum absolute atomic E-state index is 0.198. The van der Waals surface area contributed by atoms with Crippen LogP contribution in [0, 0.1) is 0 Å². The average Bonchev–Trinajstić information content (AvgIpc) is 3.10. The van der Waals surface area contributed by atoms with Crippen LogP contribution in [0.2, 0.25) is 0 Å². The van der Waals surface area contributed by atoms with Gasteiger partial charge in [0.25, 0.3) is 0 Å². The fraction of sp³-hybridized carbons (Fsp3) is 0.130. The Hall–Kier alpha value is -3.81. The number of alkyl halides is 3. The van der Waals surface area contributed by atoms with Crippen molar-refractivity contribution in [2.45, 2.75) is 19.5 Å². The Morgan fingerprint density at radius 1 is 1.00 bits per heavy atom. The quantitative estimate of drug-likeness (QED) is 0.388. The zero-order chi connectivity index (χ0) is 22.0. The van der Waals surface area contributed by atoms with E-state index in [0.717, 1.165) is 17.1 Å². The van der Waals surface area contributed by atoms with Gasteiger partial charge in [-0.2, -0.15) is 18.2 Å². The molecule has 4 aromatic rings. The molecular weight excluding hydrogens is 403 g/mol. The van der Waals surface area contributed by atoms with E-state index in [1.165, 1.54) is 12.1 Å². The number of anilines is 3. The maximum atomic E-state index is 12.8. The van der Waals surface area contributed by atoms with E-state index in [1.807, 2.05) is 31.2 Å². The maximum absolute atomic E-state index is 12.8. The minimum atomic E-state index is -4.26. The van der Waals surface area contributed by atoms with Crippen LogP contribution >= 0.6 is 0 Å². The molecule has 0 atom stereocenters. The molecule has 2 heterocycles. The van der Waals surface area contributed by atoms with Crippen molar-refractivity contribution in [3.05, 3.63) is 84.6 Å². The van der Waals surface area contributed by atoms with E-state index >= 15 is 0 Å². The number of hydrogen-bond acceptors (Lipinski definition) is 4. The Labute approximate surface area is 177 Å². The third kappa shape index (κ3) is 5.03. The normalized spacial score (nSPS) is 11.5. The van der Waals surface area contributed by atoms with Crippen molar-refractivity contribution in [3.63, 3.8) is 0 Å². The third-order valence-electron chi connectivity index (χ3n) is 4.49. The standard InChI is InChI=1S/C23H20F3N5/c1-15(2)27-18-9-11-19(12-10-18)28-22-29-21-8-4-7-20(31(21)30-22)17-6-3-5-16(13-17)14-23(24,25)26/h3-13,27H,1,14H2,2H3,(H,28,30). The number of rotatable bonds is 6. The summed E-state index contributed by atoms with van der Waals surface area (Å²) in [6, 6.07) is 19.4. The summed E-state index contributed by atoms with van der Waals surface area (Å²) >= 11 is 0. The van der Waals surface area contributed by atoms with Gasteiger partial charge in [-0.25, -0.2) is 4.52 Å². The Kier molecular flexibility index (Phi) is 5.37. The highest BCUT2D eigenvalue weighted by Crippen LogP contribution is 2.26. The van der Waals surface area contributed by atoms with E-state index in [2.05, 4.69) is 27.3 Å². The van der Waals surface area contributed by atoms with E-state index in [9.17, 15) is 13.2 Å². The fourth-order valence-corrected chi connectivity index (χ4v) is 3.26. The van der Waals surface area contributed by atoms with Crippen molar-refractivity contribution in [1.29, 1.82) is 0 Å². The lowest BCUT2D eigenvalue weighted by Crippen LogP contribution is -2.11. The monoisotopic (exact) mass is 423 g/mol. The highest BCUT2D eigenvalue weighted by Gasteiger charge is 2.27. The number of fused-ring (bicyclic) bond motifs is 1. The summed E-state index contributed by atoms with van der Waals surface area (Å²) in [7, 11) is 0. The minimum Gasteiger partial charge on any atom is -0.360 e. The number of aromatic nitrogens is 3. The van der Waals surface area contributed by atoms with E-state index in [-0.39, 0.29) is 5.56 Å². The molecule has 31 heavy (non-hydrogen) atoms. The van der Waals surface area contributed by atoms with Gasteiger partial charge in [0.1, 0.15) is 0 Å². The second kappa shape index (κ2) is 8.14. The first kappa shape index (κ1) is 20.5. The Balaban J connectivity index is 1.62. The Bertz CT molecular complexity index is 1230. The second-order valence-electron chi connectivity index (χ2n) is 7.22. The first-order valence-corrected chi connectivity index (χ1v) is 9.58. The molecule has 0 aliphatic carbocycles. The SMILES string of the molecule is C=C(C)Nc1ccc(Nc2nc3cccc(-c4cccc(CC(F)(F)F)c4)n3n2)cc1. The van der Waals surface area contributed by atoms with Crippen molar-refractivity contribution < 1.29 is 13.2 Å². The number of allylic oxidation sites excluding steroid dienone is 1. The molecule has 0 fully saturated rings. The smallest absolute Gasteiger partial charge is 0.360 e. The van der Waals surface area contributed by atoms with Gasteiger partial charge >= 0.3 is 6.18 Å². The summed E-state index contributed by atoms with van der Waals surface area (Å²) < 4.78 is 40.0. The van der Waals surface area contributed by atoms with Gasteiger partial charge in [0, 0.05) is 22.6 Å². The zero-order valence-corrected chi connectivity index (χ0v) is 16.7. The van der Waals surface area contributed by atoms with Crippen LogP contribution in [0.25, 0.3) is 16.9 Å². The predicted octanol–water partition coefficient (Wildman–Crippen LogP) is 6.19. The molecule has 0 bridgehead atoms. The molecule has 0 unspecified atom stereocenters. The van der Waals surface area contributed by atoms with Crippen LogP contribution in [-0.4, -0.2) is 20.8 Å². The van der Waals surface area contributed by atoms with Gasteiger partial charge < -0.3 is 10.6 Å². The first-order chi connectivity index (χ1) is 14.8. The zero-order valence-electron chi connectivity index (χ0n) is 16.7. The summed E-state index contributed by atoms with van der Waals surface area (Å²) in [5.41, 5.74) is 4.64. The molecular formula is C23H20F3N5. The summed E-state index contributed by atoms with van der Waals surface area (Å²) in [6.45, 7) is 5.69. The summed E-state index contributed by atoms with van der Waals surface area (Å²) in [5.74, 6) is 0.388. The van der Waals surface area contributed by atoms with Crippen LogP contribution < -0.4 is 10.6 Å². The van der Waals surface area contributed by atoms with Crippen molar-refractivity contribution in [3.8, 4) is 11.3 Å². The van der Waals surface area contributed by atoms with E-state index in [4.69, 9.17) is 0 Å². The van der Waals surface area contributed by atoms with Crippen LogP contribution in [-0.2, 0) is 6.42 Å². The van der Waals surface area contributed by atoms with Crippen molar-refractivity contribution in [1.82, 2.24) is 14.6 Å². The molecule has 0 amide bonds. The molecule has 2 N–H and O–H groups in total. The highest BCUT2D eigenvalue weighted by atomic mass is 19.4. The molecule has 0 spiro atoms. The molecule has 0 saturated carbocycles. The number of hydrogen-bond donors (Lipinski definition) is 2. The number of pyridine rings is 1. The molecule has 0 aliphatic rings. The van der Waals surface area contributed by atoms with Gasteiger partial charge in [-0.1, -0.05) is 30.8 Å². The Morgan fingerprint density at radius 3 is 2.42 bits per heavy atom. The van der Waals surface area contributed by atoms with Crippen molar-refractivity contribution in [2.75, 3.05) is 10.6 Å². The summed E-state index contributed by atoms with van der Waals surface area (Å²) in [5, 5.41) is 10.8. The fourth-order valence-electron chi connectivity index (χ4n) is 3.26. The third-order valence-corrected chi connectivity index (χ3v) is 4.49. The summed E-state index contributed by atoms with van der Waals surface area (Å²) in [4.78, 5) is 4.48. The number of benzene rings is 2. The molecule has 4 rings (SSSR count). The summed E-state index contributed by atoms with van der Waals surface area (Å²) in [6.07, 6.45) is -5.23. The van der Waals surface area contributed by atoms with Gasteiger partial charge in [0.15, 0.2) is 5.65 Å². The van der Waals surface area contributed by atoms with Crippen molar-refractivity contribution in [2.24, 2.45) is 0 Å². The first-order valence-electron chi connectivity index (χ1n) is 9.58. The largest absolute Gasteiger partial charge is 0.393 e. The molecule has 0 radical (unpaired) electrons. The predicted molar refractivity (Wildman–Crippen MR) is 116 cm³/mol. The lowest BCUT2D eigenvalue weighted by molar-refractivity contribution is -0.127. The van der Waals surface area contributed by atoms with Crippen LogP contribution in [0.15, 0.2) is 79.0 Å². The van der Waals surface area contributed by atoms with Crippen molar-refractivity contribution >= 4 is 23.0 Å². The molecule has 2 aromatic carbocycles. The highest BCUT2D eigenvalue weighted by molar-refractivity contribution is 5.66.